The SMILES string of the molecule is COc1ccc2c(c1)c(CN1CCc3nc(-c4ccccc4)ncc3C1)cn2C. The third kappa shape index (κ3) is 3.38. The highest BCUT2D eigenvalue weighted by molar-refractivity contribution is 5.85. The largest absolute Gasteiger partial charge is 0.497 e. The lowest BCUT2D eigenvalue weighted by Crippen LogP contribution is -2.30. The Kier molecular flexibility index (Phi) is 4.52. The van der Waals surface area contributed by atoms with E-state index in [1.165, 1.54) is 27.7 Å². The van der Waals surface area contributed by atoms with E-state index in [0.717, 1.165) is 43.2 Å². The summed E-state index contributed by atoms with van der Waals surface area (Å²) in [5, 5.41) is 1.26. The van der Waals surface area contributed by atoms with Crippen molar-refractivity contribution in [3.63, 3.8) is 0 Å². The molecule has 2 aromatic heterocycles. The number of fused-ring (bicyclic) bond motifs is 2. The normalized spacial score (nSPS) is 14.1. The van der Waals surface area contributed by atoms with Crippen LogP contribution >= 0.6 is 0 Å². The second-order valence-corrected chi connectivity index (χ2v) is 7.64. The van der Waals surface area contributed by atoms with E-state index in [0.29, 0.717) is 0 Å². The molecule has 0 amide bonds. The second-order valence-electron chi connectivity index (χ2n) is 7.64. The minimum Gasteiger partial charge on any atom is -0.497 e. The molecule has 3 heterocycles. The van der Waals surface area contributed by atoms with Gasteiger partial charge in [0.2, 0.25) is 0 Å². The van der Waals surface area contributed by atoms with Gasteiger partial charge in [0.15, 0.2) is 5.82 Å². The summed E-state index contributed by atoms with van der Waals surface area (Å²) in [7, 11) is 3.82. The molecule has 0 bridgehead atoms. The Hall–Kier alpha value is -3.18. The van der Waals surface area contributed by atoms with Crippen LogP contribution in [0.5, 0.6) is 5.75 Å². The van der Waals surface area contributed by atoms with Gasteiger partial charge in [-0.2, -0.15) is 0 Å². The van der Waals surface area contributed by atoms with Crippen molar-refractivity contribution in [2.45, 2.75) is 19.5 Å². The molecule has 0 N–H and O–H groups in total. The average Bonchev–Trinajstić information content (AvgIpc) is 3.08. The number of nitrogens with zero attached hydrogens (tertiary/aromatic N) is 4. The molecule has 0 atom stereocenters. The zero-order chi connectivity index (χ0) is 19.8. The quantitative estimate of drug-likeness (QED) is 0.529. The van der Waals surface area contributed by atoms with Crippen molar-refractivity contribution in [2.75, 3.05) is 13.7 Å². The minimum absolute atomic E-state index is 0.818. The van der Waals surface area contributed by atoms with Gasteiger partial charge in [0.25, 0.3) is 0 Å². The molecule has 29 heavy (non-hydrogen) atoms. The maximum atomic E-state index is 5.43. The molecule has 0 spiro atoms. The fraction of sp³-hybridized carbons (Fsp3) is 0.250. The molecule has 0 saturated heterocycles. The zero-order valence-corrected chi connectivity index (χ0v) is 16.8. The van der Waals surface area contributed by atoms with Crippen LogP contribution in [0.2, 0.25) is 0 Å². The summed E-state index contributed by atoms with van der Waals surface area (Å²) < 4.78 is 7.62. The molecular weight excluding hydrogens is 360 g/mol. The van der Waals surface area contributed by atoms with E-state index in [1.807, 2.05) is 30.5 Å². The lowest BCUT2D eigenvalue weighted by Gasteiger charge is -2.28. The summed E-state index contributed by atoms with van der Waals surface area (Å²) in [4.78, 5) is 11.9. The number of aromatic nitrogens is 3. The van der Waals surface area contributed by atoms with Gasteiger partial charge in [-0.25, -0.2) is 9.97 Å². The highest BCUT2D eigenvalue weighted by Gasteiger charge is 2.20. The van der Waals surface area contributed by atoms with Gasteiger partial charge in [0, 0.05) is 67.5 Å². The van der Waals surface area contributed by atoms with E-state index in [1.54, 1.807) is 7.11 Å². The van der Waals surface area contributed by atoms with Crippen molar-refractivity contribution in [1.82, 2.24) is 19.4 Å². The van der Waals surface area contributed by atoms with Crippen LogP contribution in [0.3, 0.4) is 0 Å². The van der Waals surface area contributed by atoms with Gasteiger partial charge in [-0.3, -0.25) is 4.90 Å². The average molecular weight is 384 g/mol. The Morgan fingerprint density at radius 1 is 1.10 bits per heavy atom. The van der Waals surface area contributed by atoms with Gasteiger partial charge in [-0.1, -0.05) is 30.3 Å². The summed E-state index contributed by atoms with van der Waals surface area (Å²) in [5.41, 5.74) is 6.03. The Labute approximate surface area is 170 Å². The van der Waals surface area contributed by atoms with E-state index in [2.05, 4.69) is 52.0 Å². The van der Waals surface area contributed by atoms with Gasteiger partial charge < -0.3 is 9.30 Å². The molecule has 5 heteroatoms. The van der Waals surface area contributed by atoms with Crippen molar-refractivity contribution < 1.29 is 4.74 Å². The van der Waals surface area contributed by atoms with Crippen molar-refractivity contribution in [3.05, 3.63) is 77.7 Å². The number of ether oxygens (including phenoxy) is 1. The van der Waals surface area contributed by atoms with Gasteiger partial charge in [-0.15, -0.1) is 0 Å². The third-order valence-electron chi connectivity index (χ3n) is 5.72. The molecular formula is C24H24N4O. The Balaban J connectivity index is 1.38. The first-order valence-corrected chi connectivity index (χ1v) is 9.96. The first-order valence-electron chi connectivity index (χ1n) is 9.96. The van der Waals surface area contributed by atoms with Crippen LogP contribution in [-0.4, -0.2) is 33.1 Å². The van der Waals surface area contributed by atoms with Crippen LogP contribution in [0.15, 0.2) is 60.9 Å². The molecule has 1 aliphatic heterocycles. The lowest BCUT2D eigenvalue weighted by atomic mass is 10.1. The molecule has 146 valence electrons. The molecule has 0 unspecified atom stereocenters. The van der Waals surface area contributed by atoms with Crippen molar-refractivity contribution in [1.29, 1.82) is 0 Å². The van der Waals surface area contributed by atoms with Crippen molar-refractivity contribution in [2.24, 2.45) is 7.05 Å². The van der Waals surface area contributed by atoms with Crippen molar-refractivity contribution in [3.8, 4) is 17.1 Å². The van der Waals surface area contributed by atoms with E-state index in [9.17, 15) is 0 Å². The van der Waals surface area contributed by atoms with Crippen LogP contribution in [0, 0.1) is 0 Å². The van der Waals surface area contributed by atoms with Gasteiger partial charge in [-0.05, 0) is 23.8 Å². The first kappa shape index (κ1) is 17.9. The van der Waals surface area contributed by atoms with Crippen LogP contribution in [0.25, 0.3) is 22.3 Å². The smallest absolute Gasteiger partial charge is 0.159 e. The minimum atomic E-state index is 0.818. The van der Waals surface area contributed by atoms with Gasteiger partial charge in [0.1, 0.15) is 5.75 Å². The number of rotatable bonds is 4. The first-order chi connectivity index (χ1) is 14.2. The highest BCUT2D eigenvalue weighted by atomic mass is 16.5. The summed E-state index contributed by atoms with van der Waals surface area (Å²) in [6.45, 7) is 2.79. The molecule has 0 fully saturated rings. The second kappa shape index (κ2) is 7.33. The lowest BCUT2D eigenvalue weighted by molar-refractivity contribution is 0.243. The predicted octanol–water partition coefficient (Wildman–Crippen LogP) is 4.20. The topological polar surface area (TPSA) is 43.2 Å². The van der Waals surface area contributed by atoms with Crippen molar-refractivity contribution >= 4 is 10.9 Å². The summed E-state index contributed by atoms with van der Waals surface area (Å²) in [5.74, 6) is 1.72. The van der Waals surface area contributed by atoms with Gasteiger partial charge >= 0.3 is 0 Å². The fourth-order valence-corrected chi connectivity index (χ4v) is 4.18. The predicted molar refractivity (Wildman–Crippen MR) is 115 cm³/mol. The molecule has 0 saturated carbocycles. The maximum Gasteiger partial charge on any atom is 0.159 e. The van der Waals surface area contributed by atoms with E-state index in [-0.39, 0.29) is 0 Å². The molecule has 0 radical (unpaired) electrons. The molecule has 0 aliphatic carbocycles. The molecule has 2 aromatic carbocycles. The summed E-state index contributed by atoms with van der Waals surface area (Å²) >= 11 is 0. The Bertz CT molecular complexity index is 1170. The number of hydrogen-bond acceptors (Lipinski definition) is 4. The Morgan fingerprint density at radius 3 is 2.79 bits per heavy atom. The summed E-state index contributed by atoms with van der Waals surface area (Å²) in [6.07, 6.45) is 5.18. The standard InChI is InChI=1S/C24H24N4O/c1-27-14-19(21-12-20(29-2)8-9-23(21)27)16-28-11-10-22-18(15-28)13-25-24(26-22)17-6-4-3-5-7-17/h3-9,12-14H,10-11,15-16H2,1-2H3. The van der Waals surface area contributed by atoms with Crippen LogP contribution in [0.1, 0.15) is 16.8 Å². The van der Waals surface area contributed by atoms with E-state index < -0.39 is 0 Å². The van der Waals surface area contributed by atoms with E-state index in [4.69, 9.17) is 9.72 Å². The van der Waals surface area contributed by atoms with E-state index >= 15 is 0 Å². The Morgan fingerprint density at radius 2 is 1.97 bits per heavy atom. The highest BCUT2D eigenvalue weighted by Crippen LogP contribution is 2.28. The number of hydrogen-bond donors (Lipinski definition) is 0. The maximum absolute atomic E-state index is 5.43. The molecule has 1 aliphatic rings. The monoisotopic (exact) mass is 384 g/mol. The number of benzene rings is 2. The fourth-order valence-electron chi connectivity index (χ4n) is 4.18. The zero-order valence-electron chi connectivity index (χ0n) is 16.8. The van der Waals surface area contributed by atoms with Crippen LogP contribution in [0.4, 0.5) is 0 Å². The molecule has 4 aromatic rings. The number of aryl methyl sites for hydroxylation is 1. The summed E-state index contributed by atoms with van der Waals surface area (Å²) in [6, 6.07) is 16.5. The van der Waals surface area contributed by atoms with Crippen LogP contribution < -0.4 is 4.74 Å². The molecule has 5 nitrogen and oxygen atoms in total. The third-order valence-corrected chi connectivity index (χ3v) is 5.72. The molecule has 5 rings (SSSR count). The van der Waals surface area contributed by atoms with Crippen LogP contribution in [-0.2, 0) is 26.6 Å². The number of methoxy groups -OCH3 is 1. The van der Waals surface area contributed by atoms with Gasteiger partial charge in [0.05, 0.1) is 12.8 Å².